The van der Waals surface area contributed by atoms with Gasteiger partial charge in [-0.2, -0.15) is 0 Å². The highest BCUT2D eigenvalue weighted by molar-refractivity contribution is 7.10. The molecule has 0 spiro atoms. The fraction of sp³-hybridized carbons (Fsp3) is 0.604. The topological polar surface area (TPSA) is 190 Å². The number of aromatic nitrogens is 2. The first-order valence-corrected chi connectivity index (χ1v) is 24.2. The van der Waals surface area contributed by atoms with Crippen molar-refractivity contribution in [2.75, 3.05) is 47.4 Å². The van der Waals surface area contributed by atoms with Crippen LogP contribution in [-0.2, 0) is 52.8 Å². The standard InChI is InChI=1S/C48H65N9O7S/c1-8-56-38-18-17-30-21-32(38)33(43(56)31-15-11-19-49-41(31)28(2)63-7)23-48(3,4)27-64-47(62)34-16-12-20-57(53-34)46(61)35(22-39-51-37(30)26-65-39)52-44(59)42(29-13-9-10-14-29)55(6)40(58)25-54(5)45(60)36-24-50-36/h17-19,21,26,28-29,34-36,42,50,53H,8-16,20,22-25,27H2,1-7H3,(H,52,59)/t28-,34-,35-,36+,42-/m0/s1. The summed E-state index contributed by atoms with van der Waals surface area (Å²) < 4.78 is 14.3. The van der Waals surface area contributed by atoms with E-state index in [2.05, 4.69) is 59.6 Å². The molecule has 2 saturated heterocycles. The van der Waals surface area contributed by atoms with Crippen LogP contribution in [0.15, 0.2) is 34.3 Å². The smallest absolute Gasteiger partial charge is 0.324 e. The molecule has 1 aromatic carbocycles. The van der Waals surface area contributed by atoms with Crippen LogP contribution in [-0.4, -0.2) is 138 Å². The number of hydrogen-bond acceptors (Lipinski definition) is 12. The lowest BCUT2D eigenvalue weighted by Crippen LogP contribution is -2.62. The Morgan fingerprint density at radius 3 is 2.62 bits per heavy atom. The summed E-state index contributed by atoms with van der Waals surface area (Å²) in [7, 11) is 4.92. The van der Waals surface area contributed by atoms with Crippen molar-refractivity contribution >= 4 is 63.6 Å². The van der Waals surface area contributed by atoms with Crippen molar-refractivity contribution in [3.63, 3.8) is 0 Å². The van der Waals surface area contributed by atoms with E-state index in [9.17, 15) is 24.0 Å². The van der Waals surface area contributed by atoms with Crippen LogP contribution >= 0.6 is 11.3 Å². The molecule has 17 heteroatoms. The quantitative estimate of drug-likeness (QED) is 0.183. The number of fused-ring (bicyclic) bond motifs is 6. The number of aliphatic imine (C=N–C) groups is 1. The molecule has 1 saturated carbocycles. The lowest BCUT2D eigenvalue weighted by Gasteiger charge is -2.37. The van der Waals surface area contributed by atoms with Crippen molar-refractivity contribution in [3.05, 3.63) is 45.5 Å². The lowest BCUT2D eigenvalue weighted by atomic mass is 9.83. The third-order valence-electron chi connectivity index (χ3n) is 13.8. The third kappa shape index (κ3) is 9.93. The van der Waals surface area contributed by atoms with Gasteiger partial charge in [0, 0.05) is 86.3 Å². The van der Waals surface area contributed by atoms with Crippen molar-refractivity contribution in [2.24, 2.45) is 16.3 Å². The van der Waals surface area contributed by atoms with Crippen molar-refractivity contribution in [3.8, 4) is 11.3 Å². The second-order valence-corrected chi connectivity index (χ2v) is 20.1. The van der Waals surface area contributed by atoms with Gasteiger partial charge in [-0.3, -0.25) is 34.0 Å². The highest BCUT2D eigenvalue weighted by atomic mass is 32.1. The Morgan fingerprint density at radius 2 is 1.89 bits per heavy atom. The van der Waals surface area contributed by atoms with Crippen LogP contribution < -0.4 is 16.1 Å². The van der Waals surface area contributed by atoms with Gasteiger partial charge in [0.15, 0.2) is 0 Å². The zero-order chi connectivity index (χ0) is 46.2. The number of amides is 4. The number of thiazole rings is 1. The van der Waals surface area contributed by atoms with Gasteiger partial charge in [-0.25, -0.2) is 10.4 Å². The minimum atomic E-state index is -1.07. The minimum Gasteiger partial charge on any atom is -0.464 e. The number of likely N-dealkylation sites (N-methyl/N-ethyl adjacent to an activating group) is 2. The average Bonchev–Trinajstić information content (AvgIpc) is 3.66. The van der Waals surface area contributed by atoms with Crippen molar-refractivity contribution < 1.29 is 33.4 Å². The Morgan fingerprint density at radius 1 is 1.12 bits per heavy atom. The molecule has 5 atom stereocenters. The molecular formula is C48H65N9O7S. The van der Waals surface area contributed by atoms with E-state index in [1.54, 1.807) is 21.2 Å². The number of hydrazine groups is 1. The number of carbonyl (C=O) groups is 5. The van der Waals surface area contributed by atoms with Crippen molar-refractivity contribution in [2.45, 2.75) is 129 Å². The fourth-order valence-corrected chi connectivity index (χ4v) is 11.0. The van der Waals surface area contributed by atoms with Gasteiger partial charge in [-0.05, 0) is 82.4 Å². The first-order chi connectivity index (χ1) is 31.2. The molecule has 1 aliphatic carbocycles. The first-order valence-electron chi connectivity index (χ1n) is 23.3. The molecule has 3 aromatic rings. The monoisotopic (exact) mass is 911 g/mol. The fourth-order valence-electron chi connectivity index (χ4n) is 10.1. The summed E-state index contributed by atoms with van der Waals surface area (Å²) in [5.41, 5.74) is 9.81. The van der Waals surface area contributed by atoms with E-state index in [4.69, 9.17) is 19.5 Å². The van der Waals surface area contributed by atoms with Crippen LogP contribution in [0.1, 0.15) is 95.3 Å². The SMILES string of the molecule is CCn1c(C2=C([C@H](C)OC)N=CCC2)c2c3cc(ccc31)-c1csc(n1)C[C@H](NC(=O)[C@H](C1CCCC1)N(C)C(=O)CN(C)C(=O)[C@H]1CN1)C(=O)N1CCC[C@H](N1)C(=O)OCC(C)(C)C2. The van der Waals surface area contributed by atoms with Gasteiger partial charge in [0.05, 0.1) is 47.4 Å². The Bertz CT molecular complexity index is 2380. The largest absolute Gasteiger partial charge is 0.464 e. The number of ether oxygens (including phenoxy) is 2. The molecule has 6 heterocycles. The van der Waals surface area contributed by atoms with Crippen LogP contribution in [0.2, 0.25) is 0 Å². The molecule has 0 unspecified atom stereocenters. The van der Waals surface area contributed by atoms with Crippen molar-refractivity contribution in [1.29, 1.82) is 0 Å². The minimum absolute atomic E-state index is 0.0936. The van der Waals surface area contributed by atoms with Crippen LogP contribution in [0.3, 0.4) is 0 Å². The molecule has 3 fully saturated rings. The Labute approximate surface area is 385 Å². The van der Waals surface area contributed by atoms with Crippen LogP contribution in [0, 0.1) is 11.3 Å². The summed E-state index contributed by atoms with van der Waals surface area (Å²) >= 11 is 1.43. The summed E-state index contributed by atoms with van der Waals surface area (Å²) in [6.07, 6.45) is 8.51. The Hall–Kier alpha value is -4.97. The van der Waals surface area contributed by atoms with Gasteiger partial charge in [0.25, 0.3) is 5.91 Å². The van der Waals surface area contributed by atoms with Crippen molar-refractivity contribution in [1.82, 2.24) is 40.4 Å². The van der Waals surface area contributed by atoms with E-state index in [-0.39, 0.29) is 49.5 Å². The number of aryl methyl sites for hydroxylation is 1. The zero-order valence-electron chi connectivity index (χ0n) is 38.9. The van der Waals surface area contributed by atoms with E-state index in [0.29, 0.717) is 37.4 Å². The maximum absolute atomic E-state index is 14.7. The summed E-state index contributed by atoms with van der Waals surface area (Å²) in [5.74, 6) is -1.92. The molecule has 2 aromatic heterocycles. The Balaban J connectivity index is 1.17. The zero-order valence-corrected chi connectivity index (χ0v) is 39.7. The molecule has 350 valence electrons. The summed E-state index contributed by atoms with van der Waals surface area (Å²) in [4.78, 5) is 82.6. The second kappa shape index (κ2) is 19.5. The highest BCUT2D eigenvalue weighted by Gasteiger charge is 2.41. The summed E-state index contributed by atoms with van der Waals surface area (Å²) in [6, 6.07) is 3.47. The van der Waals surface area contributed by atoms with E-state index in [0.717, 1.165) is 89.8 Å². The molecule has 6 bridgehead atoms. The van der Waals surface area contributed by atoms with E-state index in [1.807, 2.05) is 18.5 Å². The van der Waals surface area contributed by atoms with Gasteiger partial charge in [0.2, 0.25) is 17.7 Å². The molecule has 0 radical (unpaired) electrons. The van der Waals surface area contributed by atoms with E-state index >= 15 is 0 Å². The number of nitrogens with zero attached hydrogens (tertiary/aromatic N) is 6. The maximum atomic E-state index is 14.7. The Kier molecular flexibility index (Phi) is 13.9. The predicted molar refractivity (Wildman–Crippen MR) is 250 cm³/mol. The number of allylic oxidation sites excluding steroid dienone is 1. The molecule has 16 nitrogen and oxygen atoms in total. The summed E-state index contributed by atoms with van der Waals surface area (Å²) in [6.45, 7) is 10.0. The number of nitrogens with one attached hydrogen (secondary N) is 3. The molecule has 4 aliphatic heterocycles. The predicted octanol–water partition coefficient (Wildman–Crippen LogP) is 4.49. The molecular weight excluding hydrogens is 847 g/mol. The number of methoxy groups -OCH3 is 1. The van der Waals surface area contributed by atoms with Gasteiger partial charge in [-0.15, -0.1) is 11.3 Å². The van der Waals surface area contributed by atoms with Gasteiger partial charge in [0.1, 0.15) is 18.1 Å². The molecule has 8 rings (SSSR count). The van der Waals surface area contributed by atoms with Crippen LogP contribution in [0.25, 0.3) is 27.7 Å². The average molecular weight is 912 g/mol. The van der Waals surface area contributed by atoms with Crippen LogP contribution in [0.4, 0.5) is 0 Å². The first kappa shape index (κ1) is 46.6. The summed E-state index contributed by atoms with van der Waals surface area (Å²) in [5, 5.41) is 11.2. The number of hydrogen-bond donors (Lipinski definition) is 3. The second-order valence-electron chi connectivity index (χ2n) is 19.2. The molecule has 4 amide bonds. The highest BCUT2D eigenvalue weighted by Crippen LogP contribution is 2.42. The van der Waals surface area contributed by atoms with E-state index in [1.165, 1.54) is 26.1 Å². The third-order valence-corrected chi connectivity index (χ3v) is 14.7. The molecule has 5 aliphatic rings. The van der Waals surface area contributed by atoms with Gasteiger partial charge >= 0.3 is 5.97 Å². The number of esters is 1. The van der Waals surface area contributed by atoms with Crippen LogP contribution in [0.5, 0.6) is 0 Å². The molecule has 65 heavy (non-hydrogen) atoms. The normalized spacial score (nSPS) is 23.5. The van der Waals surface area contributed by atoms with Gasteiger partial charge in [-0.1, -0.05) is 32.8 Å². The maximum Gasteiger partial charge on any atom is 0.324 e. The number of rotatable bonds is 11. The lowest BCUT2D eigenvalue weighted by molar-refractivity contribution is -0.155. The number of cyclic esters (lactones) is 1. The van der Waals surface area contributed by atoms with E-state index < -0.39 is 41.3 Å². The number of carbonyl (C=O) groups excluding carboxylic acids is 5. The number of benzene rings is 1. The van der Waals surface area contributed by atoms with Gasteiger partial charge < -0.3 is 34.5 Å². The molecule has 3 N–H and O–H groups in total.